The molecule has 4 aromatic rings. The molecule has 1 saturated carbocycles. The molecule has 0 saturated heterocycles. The zero-order valence-electron chi connectivity index (χ0n) is 20.9. The van der Waals surface area contributed by atoms with Crippen molar-refractivity contribution in [1.82, 2.24) is 10.3 Å². The first-order valence-electron chi connectivity index (χ1n) is 12.8. The van der Waals surface area contributed by atoms with Gasteiger partial charge in [0.1, 0.15) is 5.76 Å². The average molecular weight is 498 g/mol. The number of benzene rings is 2. The van der Waals surface area contributed by atoms with Crippen molar-refractivity contribution in [3.05, 3.63) is 90.0 Å². The first-order chi connectivity index (χ1) is 18.0. The van der Waals surface area contributed by atoms with Gasteiger partial charge in [-0.25, -0.2) is 0 Å². The first kappa shape index (κ1) is 24.6. The summed E-state index contributed by atoms with van der Waals surface area (Å²) in [5.41, 5.74) is 2.51. The van der Waals surface area contributed by atoms with Gasteiger partial charge in [0.15, 0.2) is 11.8 Å². The van der Waals surface area contributed by atoms with E-state index in [4.69, 9.17) is 4.42 Å². The topological polar surface area (TPSA) is 95.4 Å². The average Bonchev–Trinajstić information content (AvgIpc) is 3.58. The number of nitrogens with zero attached hydrogens (tertiary/aromatic N) is 1. The smallest absolute Gasteiger partial charge is 0.251 e. The molecular formula is C30H31N3O4. The number of fused-ring (bicyclic) bond motifs is 1. The van der Waals surface area contributed by atoms with Gasteiger partial charge in [0, 0.05) is 28.7 Å². The fraction of sp³-hybridized carbons (Fsp3) is 0.300. The lowest BCUT2D eigenvalue weighted by atomic mass is 9.95. The predicted molar refractivity (Wildman–Crippen MR) is 142 cm³/mol. The van der Waals surface area contributed by atoms with Crippen LogP contribution < -0.4 is 10.2 Å². The Morgan fingerprint density at radius 3 is 2.51 bits per heavy atom. The van der Waals surface area contributed by atoms with Crippen LogP contribution in [0, 0.1) is 0 Å². The normalized spacial score (nSPS) is 14.8. The Balaban J connectivity index is 1.58. The quantitative estimate of drug-likeness (QED) is 0.304. The Kier molecular flexibility index (Phi) is 7.21. The van der Waals surface area contributed by atoms with Gasteiger partial charge >= 0.3 is 0 Å². The monoisotopic (exact) mass is 497 g/mol. The van der Waals surface area contributed by atoms with E-state index in [9.17, 15) is 14.4 Å². The summed E-state index contributed by atoms with van der Waals surface area (Å²) < 4.78 is 5.72. The molecule has 2 N–H and O–H groups in total. The third-order valence-electron chi connectivity index (χ3n) is 7.10. The molecule has 1 atom stereocenters. The molecule has 2 heterocycles. The lowest BCUT2D eigenvalue weighted by Crippen LogP contribution is -2.48. The van der Waals surface area contributed by atoms with Crippen molar-refractivity contribution in [2.24, 2.45) is 0 Å². The number of Topliss-reactive ketones (excluding diaryl/α,β-unsaturated/α-hetero) is 1. The molecule has 0 radical (unpaired) electrons. The van der Waals surface area contributed by atoms with E-state index in [0.717, 1.165) is 48.6 Å². The maximum absolute atomic E-state index is 14.1. The van der Waals surface area contributed by atoms with E-state index in [1.165, 1.54) is 18.1 Å². The summed E-state index contributed by atoms with van der Waals surface area (Å²) in [4.78, 5) is 45.3. The number of amides is 2. The van der Waals surface area contributed by atoms with Gasteiger partial charge in [0.2, 0.25) is 5.91 Å². The van der Waals surface area contributed by atoms with E-state index in [-0.39, 0.29) is 30.1 Å². The number of hydrogen-bond acceptors (Lipinski definition) is 4. The SMILES string of the molecule is CC(=O)c1ccccc1N(C(=O)Cc1c[nH]c2ccccc12)C(C(=O)NC1CCCCC1)c1ccco1. The van der Waals surface area contributed by atoms with Crippen molar-refractivity contribution in [1.29, 1.82) is 0 Å². The fourth-order valence-corrected chi connectivity index (χ4v) is 5.27. The number of para-hydroxylation sites is 2. The Morgan fingerprint density at radius 2 is 1.76 bits per heavy atom. The van der Waals surface area contributed by atoms with Crippen LogP contribution in [0.15, 0.2) is 77.5 Å². The van der Waals surface area contributed by atoms with E-state index >= 15 is 0 Å². The summed E-state index contributed by atoms with van der Waals surface area (Å²) >= 11 is 0. The molecule has 1 aliphatic carbocycles. The predicted octanol–water partition coefficient (Wildman–Crippen LogP) is 5.73. The van der Waals surface area contributed by atoms with Crippen LogP contribution in [0.2, 0.25) is 0 Å². The number of hydrogen-bond donors (Lipinski definition) is 2. The van der Waals surface area contributed by atoms with Crippen LogP contribution in [0.4, 0.5) is 5.69 Å². The summed E-state index contributed by atoms with van der Waals surface area (Å²) in [7, 11) is 0. The number of aromatic nitrogens is 1. The van der Waals surface area contributed by atoms with E-state index in [2.05, 4.69) is 10.3 Å². The standard InChI is InChI=1S/C30H31N3O4/c1-20(34)23-12-6-8-15-26(23)33(28(35)18-21-19-31-25-14-7-5-13-24(21)25)29(27-16-9-17-37-27)30(36)32-22-10-3-2-4-11-22/h5-9,12-17,19,22,29,31H,2-4,10-11,18H2,1H3,(H,32,36). The number of rotatable bonds is 8. The molecule has 1 aliphatic rings. The number of carbonyl (C=O) groups excluding carboxylic acids is 3. The second kappa shape index (κ2) is 10.9. The maximum atomic E-state index is 14.1. The van der Waals surface area contributed by atoms with Crippen LogP contribution in [0.1, 0.15) is 66.8 Å². The zero-order chi connectivity index (χ0) is 25.8. The zero-order valence-corrected chi connectivity index (χ0v) is 20.9. The fourth-order valence-electron chi connectivity index (χ4n) is 5.27. The first-order valence-corrected chi connectivity index (χ1v) is 12.8. The lowest BCUT2D eigenvalue weighted by Gasteiger charge is -2.33. The Morgan fingerprint density at radius 1 is 1.00 bits per heavy atom. The summed E-state index contributed by atoms with van der Waals surface area (Å²) in [6.07, 6.45) is 8.46. The molecule has 1 fully saturated rings. The number of anilines is 1. The number of ketones is 1. The van der Waals surface area contributed by atoms with Gasteiger partial charge in [-0.05, 0) is 55.7 Å². The van der Waals surface area contributed by atoms with Crippen LogP contribution in [0.25, 0.3) is 10.9 Å². The molecular weight excluding hydrogens is 466 g/mol. The second-order valence-electron chi connectivity index (χ2n) is 9.63. The van der Waals surface area contributed by atoms with Gasteiger partial charge in [0.05, 0.1) is 18.4 Å². The van der Waals surface area contributed by atoms with Crippen molar-refractivity contribution in [2.75, 3.05) is 4.90 Å². The van der Waals surface area contributed by atoms with Crippen molar-refractivity contribution in [2.45, 2.75) is 57.5 Å². The molecule has 7 nitrogen and oxygen atoms in total. The molecule has 5 rings (SSSR count). The van der Waals surface area contributed by atoms with Gasteiger partial charge in [0.25, 0.3) is 5.91 Å². The molecule has 2 aromatic carbocycles. The van der Waals surface area contributed by atoms with Crippen LogP contribution in [-0.4, -0.2) is 28.6 Å². The lowest BCUT2D eigenvalue weighted by molar-refractivity contribution is -0.127. The largest absolute Gasteiger partial charge is 0.467 e. The van der Waals surface area contributed by atoms with Gasteiger partial charge in [-0.15, -0.1) is 0 Å². The highest BCUT2D eigenvalue weighted by Gasteiger charge is 2.37. The molecule has 2 aromatic heterocycles. The summed E-state index contributed by atoms with van der Waals surface area (Å²) in [5.74, 6) is -0.462. The highest BCUT2D eigenvalue weighted by Crippen LogP contribution is 2.33. The molecule has 190 valence electrons. The molecule has 2 amide bonds. The summed E-state index contributed by atoms with van der Waals surface area (Å²) in [6, 6.07) is 17.1. The minimum absolute atomic E-state index is 0.0458. The van der Waals surface area contributed by atoms with Crippen LogP contribution in [-0.2, 0) is 16.0 Å². The van der Waals surface area contributed by atoms with Gasteiger partial charge < -0.3 is 14.7 Å². The van der Waals surface area contributed by atoms with E-state index in [1.54, 1.807) is 36.4 Å². The van der Waals surface area contributed by atoms with Crippen LogP contribution >= 0.6 is 0 Å². The van der Waals surface area contributed by atoms with Gasteiger partial charge in [-0.3, -0.25) is 19.3 Å². The molecule has 0 spiro atoms. The van der Waals surface area contributed by atoms with Crippen LogP contribution in [0.3, 0.4) is 0 Å². The van der Waals surface area contributed by atoms with Crippen molar-refractivity contribution in [3.8, 4) is 0 Å². The minimum atomic E-state index is -1.06. The highest BCUT2D eigenvalue weighted by atomic mass is 16.3. The van der Waals surface area contributed by atoms with Crippen LogP contribution in [0.5, 0.6) is 0 Å². The van der Waals surface area contributed by atoms with Crippen molar-refractivity contribution < 1.29 is 18.8 Å². The Hall–Kier alpha value is -4.13. The number of aromatic amines is 1. The maximum Gasteiger partial charge on any atom is 0.251 e. The molecule has 0 bridgehead atoms. The third-order valence-corrected chi connectivity index (χ3v) is 7.10. The highest BCUT2D eigenvalue weighted by molar-refractivity contribution is 6.08. The summed E-state index contributed by atoms with van der Waals surface area (Å²) in [6.45, 7) is 1.46. The minimum Gasteiger partial charge on any atom is -0.467 e. The third kappa shape index (κ3) is 5.21. The number of furan rings is 1. The Labute approximate surface area is 215 Å². The molecule has 1 unspecified atom stereocenters. The molecule has 0 aliphatic heterocycles. The summed E-state index contributed by atoms with van der Waals surface area (Å²) in [5, 5.41) is 4.11. The molecule has 7 heteroatoms. The molecule has 37 heavy (non-hydrogen) atoms. The van der Waals surface area contributed by atoms with Gasteiger partial charge in [-0.1, -0.05) is 49.6 Å². The van der Waals surface area contributed by atoms with E-state index < -0.39 is 6.04 Å². The number of nitrogens with one attached hydrogen (secondary N) is 2. The van der Waals surface area contributed by atoms with E-state index in [1.807, 2.05) is 30.5 Å². The number of carbonyl (C=O) groups is 3. The van der Waals surface area contributed by atoms with Crippen molar-refractivity contribution in [3.63, 3.8) is 0 Å². The number of H-pyrrole nitrogens is 1. The van der Waals surface area contributed by atoms with Crippen molar-refractivity contribution >= 4 is 34.2 Å². The Bertz CT molecular complexity index is 1400. The van der Waals surface area contributed by atoms with E-state index in [0.29, 0.717) is 17.0 Å². The second-order valence-corrected chi connectivity index (χ2v) is 9.63. The van der Waals surface area contributed by atoms with Gasteiger partial charge in [-0.2, -0.15) is 0 Å².